The quantitative estimate of drug-likeness (QED) is 0.494. The number of nitrogens with one attached hydrogen (secondary N) is 2. The zero-order chi connectivity index (χ0) is 21.8. The van der Waals surface area contributed by atoms with Crippen LogP contribution in [0.1, 0.15) is 51.9 Å². The first-order valence-electron chi connectivity index (χ1n) is 9.86. The summed E-state index contributed by atoms with van der Waals surface area (Å²) in [6.07, 6.45) is 3.12. The van der Waals surface area contributed by atoms with Gasteiger partial charge in [-0.1, -0.05) is 31.1 Å². The number of amides is 2. The maximum Gasteiger partial charge on any atom is 0.257 e. The Balaban J connectivity index is 1.47. The Morgan fingerprint density at radius 2 is 1.87 bits per heavy atom. The Morgan fingerprint density at radius 1 is 1.00 bits per heavy atom. The molecule has 0 bridgehead atoms. The number of fused-ring (bicyclic) bond motifs is 1. The van der Waals surface area contributed by atoms with E-state index in [1.54, 1.807) is 36.5 Å². The number of hydrogen-bond acceptors (Lipinski definition) is 6. The molecular weight excluding hydrogens is 394 g/mol. The molecule has 0 atom stereocenters. The van der Waals surface area contributed by atoms with Gasteiger partial charge in [-0.05, 0) is 42.3 Å². The first-order valence-corrected chi connectivity index (χ1v) is 9.86. The average molecular weight is 415 g/mol. The summed E-state index contributed by atoms with van der Waals surface area (Å²) >= 11 is 0. The molecule has 4 rings (SSSR count). The molecule has 2 amide bonds. The molecule has 3 aromatic heterocycles. The second-order valence-electron chi connectivity index (χ2n) is 7.34. The summed E-state index contributed by atoms with van der Waals surface area (Å²) in [4.78, 5) is 33.6. The average Bonchev–Trinajstić information content (AvgIpc) is 3.22. The van der Waals surface area contributed by atoms with Crippen LogP contribution in [0.2, 0.25) is 0 Å². The fourth-order valence-corrected chi connectivity index (χ4v) is 3.11. The van der Waals surface area contributed by atoms with Gasteiger partial charge in [0.1, 0.15) is 0 Å². The molecule has 156 valence electrons. The van der Waals surface area contributed by atoms with Gasteiger partial charge in [0.2, 0.25) is 0 Å². The maximum atomic E-state index is 12.7. The van der Waals surface area contributed by atoms with Crippen molar-refractivity contribution < 1.29 is 14.1 Å². The van der Waals surface area contributed by atoms with Gasteiger partial charge in [-0.25, -0.2) is 4.98 Å². The van der Waals surface area contributed by atoms with Crippen molar-refractivity contribution in [2.75, 3.05) is 5.32 Å². The molecule has 8 nitrogen and oxygen atoms in total. The van der Waals surface area contributed by atoms with Crippen molar-refractivity contribution in [3.8, 4) is 0 Å². The van der Waals surface area contributed by atoms with E-state index in [-0.39, 0.29) is 17.7 Å². The Bertz CT molecular complexity index is 1230. The topological polar surface area (TPSA) is 110 Å². The van der Waals surface area contributed by atoms with Crippen LogP contribution in [0.3, 0.4) is 0 Å². The van der Waals surface area contributed by atoms with E-state index in [1.165, 1.54) is 6.20 Å². The molecule has 0 saturated heterocycles. The molecule has 0 aliphatic heterocycles. The molecule has 0 spiro atoms. The zero-order valence-electron chi connectivity index (χ0n) is 17.1. The number of pyridine rings is 2. The van der Waals surface area contributed by atoms with Crippen molar-refractivity contribution in [1.82, 2.24) is 20.4 Å². The lowest BCUT2D eigenvalue weighted by atomic mass is 10.1. The van der Waals surface area contributed by atoms with Crippen LogP contribution >= 0.6 is 0 Å². The number of nitrogens with zero attached hydrogens (tertiary/aromatic N) is 3. The molecule has 31 heavy (non-hydrogen) atoms. The number of carbonyl (C=O) groups is 2. The van der Waals surface area contributed by atoms with Crippen molar-refractivity contribution in [2.24, 2.45) is 0 Å². The van der Waals surface area contributed by atoms with Gasteiger partial charge in [-0.2, -0.15) is 0 Å². The van der Waals surface area contributed by atoms with E-state index in [0.29, 0.717) is 34.5 Å². The summed E-state index contributed by atoms with van der Waals surface area (Å²) < 4.78 is 5.22. The molecule has 2 N–H and O–H groups in total. The smallest absolute Gasteiger partial charge is 0.257 e. The van der Waals surface area contributed by atoms with E-state index in [2.05, 4.69) is 25.8 Å². The number of carbonyl (C=O) groups excluding carboxylic acids is 2. The largest absolute Gasteiger partial charge is 0.346 e. The van der Waals surface area contributed by atoms with Gasteiger partial charge < -0.3 is 15.2 Å². The summed E-state index contributed by atoms with van der Waals surface area (Å²) in [7, 11) is 0. The van der Waals surface area contributed by atoms with Crippen LogP contribution in [0.25, 0.3) is 11.1 Å². The van der Waals surface area contributed by atoms with Crippen LogP contribution in [0.4, 0.5) is 5.69 Å². The summed E-state index contributed by atoms with van der Waals surface area (Å²) in [6.45, 7) is 4.31. The monoisotopic (exact) mass is 415 g/mol. The summed E-state index contributed by atoms with van der Waals surface area (Å²) in [5.41, 5.74) is 3.23. The molecule has 1 aromatic carbocycles. The number of anilines is 1. The SMILES string of the molecule is CC(C)c1noc2ncc(C(=O)Nc3cccc(C(=O)NCc4ccccn4)c3)cc12. The predicted octanol–water partition coefficient (Wildman–Crippen LogP) is 3.92. The van der Waals surface area contributed by atoms with Gasteiger partial charge in [0, 0.05) is 23.6 Å². The molecule has 0 fully saturated rings. The molecular formula is C23H21N5O3. The van der Waals surface area contributed by atoms with Crippen molar-refractivity contribution in [3.05, 3.63) is 83.4 Å². The van der Waals surface area contributed by atoms with Crippen LogP contribution in [0.5, 0.6) is 0 Å². The number of hydrogen-bond donors (Lipinski definition) is 2. The minimum atomic E-state index is -0.337. The maximum absolute atomic E-state index is 12.7. The van der Waals surface area contributed by atoms with Crippen molar-refractivity contribution in [1.29, 1.82) is 0 Å². The second-order valence-corrected chi connectivity index (χ2v) is 7.34. The number of rotatable bonds is 6. The summed E-state index contributed by atoms with van der Waals surface area (Å²) in [5.74, 6) is -0.449. The van der Waals surface area contributed by atoms with Crippen LogP contribution in [0.15, 0.2) is 65.4 Å². The van der Waals surface area contributed by atoms with Crippen molar-refractivity contribution in [2.45, 2.75) is 26.3 Å². The Morgan fingerprint density at radius 3 is 2.65 bits per heavy atom. The summed E-state index contributed by atoms with van der Waals surface area (Å²) in [5, 5.41) is 10.4. The van der Waals surface area contributed by atoms with E-state index >= 15 is 0 Å². The molecule has 4 aromatic rings. The first-order chi connectivity index (χ1) is 15.0. The Kier molecular flexibility index (Phi) is 5.70. The minimum absolute atomic E-state index is 0.141. The highest BCUT2D eigenvalue weighted by Gasteiger charge is 2.16. The van der Waals surface area contributed by atoms with E-state index in [0.717, 1.165) is 11.4 Å². The third-order valence-corrected chi connectivity index (χ3v) is 4.71. The molecule has 0 aliphatic carbocycles. The van der Waals surface area contributed by atoms with Crippen LogP contribution in [-0.4, -0.2) is 26.9 Å². The molecule has 0 unspecified atom stereocenters. The lowest BCUT2D eigenvalue weighted by Gasteiger charge is -2.08. The van der Waals surface area contributed by atoms with Gasteiger partial charge in [-0.15, -0.1) is 0 Å². The highest BCUT2D eigenvalue weighted by atomic mass is 16.5. The lowest BCUT2D eigenvalue weighted by Crippen LogP contribution is -2.23. The van der Waals surface area contributed by atoms with Crippen LogP contribution in [0, 0.1) is 0 Å². The van der Waals surface area contributed by atoms with Crippen LogP contribution < -0.4 is 10.6 Å². The number of aromatic nitrogens is 3. The van der Waals surface area contributed by atoms with Gasteiger partial charge >= 0.3 is 0 Å². The molecule has 0 radical (unpaired) electrons. The molecule has 0 aliphatic rings. The standard InChI is InChI=1S/C23H21N5O3/c1-14(2)20-19-11-16(12-26-23(19)31-28-20)22(30)27-17-8-5-6-15(10-17)21(29)25-13-18-7-3-4-9-24-18/h3-12,14H,13H2,1-2H3,(H,25,29)(H,27,30). The third-order valence-electron chi connectivity index (χ3n) is 4.71. The summed E-state index contributed by atoms with van der Waals surface area (Å²) in [6, 6.07) is 14.0. The molecule has 8 heteroatoms. The van der Waals surface area contributed by atoms with Gasteiger partial charge in [0.25, 0.3) is 17.5 Å². The Hall–Kier alpha value is -4.07. The zero-order valence-corrected chi connectivity index (χ0v) is 17.1. The lowest BCUT2D eigenvalue weighted by molar-refractivity contribution is 0.0949. The van der Waals surface area contributed by atoms with Gasteiger partial charge in [0.15, 0.2) is 0 Å². The highest BCUT2D eigenvalue weighted by molar-refractivity contribution is 6.06. The highest BCUT2D eigenvalue weighted by Crippen LogP contribution is 2.24. The van der Waals surface area contributed by atoms with Gasteiger partial charge in [0.05, 0.1) is 28.9 Å². The number of benzene rings is 1. The van der Waals surface area contributed by atoms with Gasteiger partial charge in [-0.3, -0.25) is 14.6 Å². The van der Waals surface area contributed by atoms with E-state index in [9.17, 15) is 9.59 Å². The minimum Gasteiger partial charge on any atom is -0.346 e. The fraction of sp³-hybridized carbons (Fsp3) is 0.174. The Labute approximate surface area is 178 Å². The van der Waals surface area contributed by atoms with Crippen molar-refractivity contribution >= 4 is 28.6 Å². The fourth-order valence-electron chi connectivity index (χ4n) is 3.11. The van der Waals surface area contributed by atoms with E-state index < -0.39 is 0 Å². The van der Waals surface area contributed by atoms with E-state index in [4.69, 9.17) is 4.52 Å². The van der Waals surface area contributed by atoms with Crippen LogP contribution in [-0.2, 0) is 6.54 Å². The first kappa shape index (κ1) is 20.2. The third kappa shape index (κ3) is 4.58. The van der Waals surface area contributed by atoms with Crippen molar-refractivity contribution in [3.63, 3.8) is 0 Å². The van der Waals surface area contributed by atoms with E-state index in [1.807, 2.05) is 32.0 Å². The normalized spacial score (nSPS) is 10.9. The second kappa shape index (κ2) is 8.74. The predicted molar refractivity (Wildman–Crippen MR) is 116 cm³/mol. The molecule has 0 saturated carbocycles. The molecule has 3 heterocycles.